The molecule has 0 spiro atoms. The molecule has 0 aromatic heterocycles. The van der Waals surface area contributed by atoms with E-state index in [0.29, 0.717) is 35.4 Å². The minimum atomic E-state index is -0.699. The maximum absolute atomic E-state index is 13.8. The Labute approximate surface area is 220 Å². The van der Waals surface area contributed by atoms with Crippen LogP contribution in [0, 0.1) is 10.1 Å². The highest BCUT2D eigenvalue weighted by molar-refractivity contribution is 6.04. The molecule has 38 heavy (non-hydrogen) atoms. The lowest BCUT2D eigenvalue weighted by Gasteiger charge is -2.37. The molecule has 3 atom stereocenters. The first-order valence-electron chi connectivity index (χ1n) is 12.8. The monoisotopic (exact) mass is 518 g/mol. The topological polar surface area (TPSA) is 117 Å². The first-order valence-corrected chi connectivity index (χ1v) is 12.8. The van der Waals surface area contributed by atoms with Crippen molar-refractivity contribution >= 4 is 17.4 Å². The van der Waals surface area contributed by atoms with Gasteiger partial charge in [-0.15, -0.1) is 0 Å². The van der Waals surface area contributed by atoms with E-state index < -0.39 is 16.8 Å². The van der Waals surface area contributed by atoms with E-state index in [-0.39, 0.29) is 36.5 Å². The number of allylic oxidation sites excluding steroid dienone is 3. The molecule has 0 radical (unpaired) electrons. The molecule has 198 valence electrons. The summed E-state index contributed by atoms with van der Waals surface area (Å²) in [5.41, 5.74) is 3.68. The first kappa shape index (κ1) is 25.7. The molecule has 0 amide bonds. The number of nitrogens with one attached hydrogen (secondary N) is 1. The molecule has 1 saturated heterocycles. The van der Waals surface area contributed by atoms with Crippen LogP contribution in [0.1, 0.15) is 55.6 Å². The third-order valence-corrected chi connectivity index (χ3v) is 7.49. The number of rotatable bonds is 7. The van der Waals surface area contributed by atoms with Gasteiger partial charge in [-0.3, -0.25) is 14.9 Å². The van der Waals surface area contributed by atoms with Crippen LogP contribution in [0.25, 0.3) is 0 Å². The molecule has 0 saturated carbocycles. The summed E-state index contributed by atoms with van der Waals surface area (Å²) in [5, 5.41) is 14.6. The van der Waals surface area contributed by atoms with Crippen molar-refractivity contribution in [2.45, 2.75) is 50.5 Å². The van der Waals surface area contributed by atoms with Crippen LogP contribution in [0.4, 0.5) is 5.69 Å². The first-order chi connectivity index (χ1) is 18.4. The quantitative estimate of drug-likeness (QED) is 0.319. The van der Waals surface area contributed by atoms with Gasteiger partial charge in [0.05, 0.1) is 23.7 Å². The fourth-order valence-corrected chi connectivity index (χ4v) is 5.68. The number of carbonyl (C=O) groups excluding carboxylic acids is 2. The molecule has 1 fully saturated rings. The zero-order valence-electron chi connectivity index (χ0n) is 21.4. The average molecular weight is 519 g/mol. The van der Waals surface area contributed by atoms with Gasteiger partial charge in [0.15, 0.2) is 5.78 Å². The fourth-order valence-electron chi connectivity index (χ4n) is 5.68. The van der Waals surface area contributed by atoms with Gasteiger partial charge in [0.2, 0.25) is 0 Å². The van der Waals surface area contributed by atoms with E-state index in [9.17, 15) is 19.7 Å². The summed E-state index contributed by atoms with van der Waals surface area (Å²) in [5.74, 6) is -0.684. The lowest BCUT2D eigenvalue weighted by molar-refractivity contribution is -0.384. The van der Waals surface area contributed by atoms with E-state index in [1.54, 1.807) is 26.2 Å². The molecule has 2 heterocycles. The molecule has 3 aliphatic rings. The molecule has 2 aromatic carbocycles. The van der Waals surface area contributed by atoms with Gasteiger partial charge in [-0.1, -0.05) is 30.3 Å². The minimum Gasteiger partial charge on any atom is -0.496 e. The third-order valence-electron chi connectivity index (χ3n) is 7.49. The number of nitro benzene ring substituents is 1. The number of nitrogens with zero attached hydrogens (tertiary/aromatic N) is 1. The summed E-state index contributed by atoms with van der Waals surface area (Å²) in [6, 6.07) is 13.7. The summed E-state index contributed by atoms with van der Waals surface area (Å²) in [7, 11) is 1.61. The van der Waals surface area contributed by atoms with Crippen molar-refractivity contribution in [3.63, 3.8) is 0 Å². The zero-order chi connectivity index (χ0) is 26.8. The van der Waals surface area contributed by atoms with Gasteiger partial charge >= 0.3 is 5.97 Å². The normalized spacial score (nSPS) is 23.1. The molecule has 1 N–H and O–H groups in total. The number of hydrogen-bond donors (Lipinski definition) is 1. The highest BCUT2D eigenvalue weighted by Gasteiger charge is 2.42. The molecule has 9 heteroatoms. The van der Waals surface area contributed by atoms with Crippen LogP contribution in [0.15, 0.2) is 71.1 Å². The average Bonchev–Trinajstić information content (AvgIpc) is 3.44. The second kappa shape index (κ2) is 10.8. The van der Waals surface area contributed by atoms with E-state index in [2.05, 4.69) is 5.32 Å². The summed E-state index contributed by atoms with van der Waals surface area (Å²) in [4.78, 5) is 38.0. The zero-order valence-corrected chi connectivity index (χ0v) is 21.4. The number of esters is 1. The Hall–Kier alpha value is -3.98. The van der Waals surface area contributed by atoms with Crippen molar-refractivity contribution in [1.29, 1.82) is 0 Å². The second-order valence-corrected chi connectivity index (χ2v) is 9.84. The molecular formula is C29H30N2O7. The summed E-state index contributed by atoms with van der Waals surface area (Å²) >= 11 is 0. The van der Waals surface area contributed by atoms with Crippen molar-refractivity contribution in [2.75, 3.05) is 20.3 Å². The van der Waals surface area contributed by atoms with Gasteiger partial charge < -0.3 is 19.5 Å². The Balaban J connectivity index is 1.52. The van der Waals surface area contributed by atoms with Gasteiger partial charge in [0.1, 0.15) is 12.4 Å². The van der Waals surface area contributed by atoms with E-state index in [1.807, 2.05) is 24.3 Å². The maximum Gasteiger partial charge on any atom is 0.336 e. The highest BCUT2D eigenvalue weighted by atomic mass is 16.6. The summed E-state index contributed by atoms with van der Waals surface area (Å²) in [6.45, 7) is 2.58. The Morgan fingerprint density at radius 3 is 2.61 bits per heavy atom. The van der Waals surface area contributed by atoms with Crippen LogP contribution < -0.4 is 10.1 Å². The molecule has 2 aliphatic heterocycles. The Morgan fingerprint density at radius 2 is 1.92 bits per heavy atom. The standard InChI is InChI=1S/C29H30N2O7/c1-17-26(29(33)38-16-21-6-5-13-37-21)27(18-9-11-20(12-10-18)31(34)35)28-23(30-17)14-19(15-24(28)32)22-7-3-4-8-25(22)36-2/h3-4,7-12,19,21,27,30H,5-6,13-16H2,1-2H3/t19-,21+,27+/m1/s1. The van der Waals surface area contributed by atoms with Crippen LogP contribution in [-0.2, 0) is 19.1 Å². The fraction of sp³-hybridized carbons (Fsp3) is 0.379. The number of dihydropyridines is 1. The van der Waals surface area contributed by atoms with Crippen molar-refractivity contribution in [3.8, 4) is 5.75 Å². The van der Waals surface area contributed by atoms with Crippen LogP contribution in [-0.4, -0.2) is 43.1 Å². The molecule has 9 nitrogen and oxygen atoms in total. The van der Waals surface area contributed by atoms with Crippen LogP contribution in [0.5, 0.6) is 5.75 Å². The van der Waals surface area contributed by atoms with Gasteiger partial charge in [0, 0.05) is 54.0 Å². The summed E-state index contributed by atoms with van der Waals surface area (Å²) in [6.07, 6.45) is 2.42. The Morgan fingerprint density at radius 1 is 1.16 bits per heavy atom. The van der Waals surface area contributed by atoms with Gasteiger partial charge in [-0.05, 0) is 43.4 Å². The lowest BCUT2D eigenvalue weighted by Crippen LogP contribution is -2.36. The SMILES string of the molecule is COc1ccccc1[C@H]1CC(=O)C2=C(C1)NC(C)=C(C(=O)OC[C@@H]1CCCO1)[C@@H]2c1ccc([N+](=O)[O-])cc1. The molecule has 1 aliphatic carbocycles. The largest absolute Gasteiger partial charge is 0.496 e. The third kappa shape index (κ3) is 4.93. The number of ketones is 1. The number of nitro groups is 1. The van der Waals surface area contributed by atoms with E-state index in [4.69, 9.17) is 14.2 Å². The van der Waals surface area contributed by atoms with Crippen molar-refractivity contribution < 1.29 is 28.7 Å². The lowest BCUT2D eigenvalue weighted by atomic mass is 9.71. The van der Waals surface area contributed by atoms with Crippen molar-refractivity contribution in [3.05, 3.63) is 92.3 Å². The predicted molar refractivity (Wildman–Crippen MR) is 139 cm³/mol. The van der Waals surface area contributed by atoms with E-state index in [1.165, 1.54) is 12.1 Å². The number of benzene rings is 2. The van der Waals surface area contributed by atoms with E-state index in [0.717, 1.165) is 29.9 Å². The van der Waals surface area contributed by atoms with Crippen LogP contribution in [0.3, 0.4) is 0 Å². The maximum atomic E-state index is 13.8. The van der Waals surface area contributed by atoms with E-state index >= 15 is 0 Å². The molecular weight excluding hydrogens is 488 g/mol. The van der Waals surface area contributed by atoms with Gasteiger partial charge in [-0.2, -0.15) is 0 Å². The molecule has 5 rings (SSSR count). The number of non-ortho nitro benzene ring substituents is 1. The van der Waals surface area contributed by atoms with Crippen LogP contribution in [0.2, 0.25) is 0 Å². The number of methoxy groups -OCH3 is 1. The molecule has 0 unspecified atom stereocenters. The number of Topliss-reactive ketones (excluding diaryl/α,β-unsaturated/α-hetero) is 1. The number of ether oxygens (including phenoxy) is 3. The van der Waals surface area contributed by atoms with Crippen molar-refractivity contribution in [2.24, 2.45) is 0 Å². The van der Waals surface area contributed by atoms with Crippen LogP contribution >= 0.6 is 0 Å². The number of carbonyl (C=O) groups is 2. The predicted octanol–water partition coefficient (Wildman–Crippen LogP) is 4.69. The Kier molecular flexibility index (Phi) is 7.28. The molecule has 0 bridgehead atoms. The summed E-state index contributed by atoms with van der Waals surface area (Å²) < 4.78 is 16.8. The van der Waals surface area contributed by atoms with Crippen molar-refractivity contribution in [1.82, 2.24) is 5.32 Å². The smallest absolute Gasteiger partial charge is 0.336 e. The Bertz CT molecular complexity index is 1320. The molecule has 2 aromatic rings. The number of para-hydroxylation sites is 1. The highest BCUT2D eigenvalue weighted by Crippen LogP contribution is 2.47. The minimum absolute atomic E-state index is 0.0636. The van der Waals surface area contributed by atoms with Gasteiger partial charge in [0.25, 0.3) is 5.69 Å². The second-order valence-electron chi connectivity index (χ2n) is 9.84. The van der Waals surface area contributed by atoms with Gasteiger partial charge in [-0.25, -0.2) is 4.79 Å². The number of hydrogen-bond acceptors (Lipinski definition) is 8.